The smallest absolute Gasteiger partial charge is 0.276 e. The number of aromatic nitrogens is 4. The van der Waals surface area contributed by atoms with Gasteiger partial charge in [-0.3, -0.25) is 9.78 Å². The molecule has 0 unspecified atom stereocenters. The van der Waals surface area contributed by atoms with E-state index in [0.717, 1.165) is 24.0 Å². The highest BCUT2D eigenvalue weighted by atomic mass is 35.5. The van der Waals surface area contributed by atoms with Crippen LogP contribution in [0.1, 0.15) is 34.5 Å². The van der Waals surface area contributed by atoms with Gasteiger partial charge >= 0.3 is 0 Å². The van der Waals surface area contributed by atoms with Gasteiger partial charge in [0.05, 0.1) is 25.5 Å². The highest BCUT2D eigenvalue weighted by molar-refractivity contribution is 6.30. The predicted molar refractivity (Wildman–Crippen MR) is 109 cm³/mol. The van der Waals surface area contributed by atoms with Crippen LogP contribution in [0.5, 0.6) is 0 Å². The number of hydrogen-bond donors (Lipinski definition) is 0. The Labute approximate surface area is 174 Å². The van der Waals surface area contributed by atoms with Crippen LogP contribution in [-0.4, -0.2) is 50.0 Å². The van der Waals surface area contributed by atoms with Crippen LogP contribution in [-0.2, 0) is 17.9 Å². The van der Waals surface area contributed by atoms with E-state index < -0.39 is 0 Å². The van der Waals surface area contributed by atoms with Gasteiger partial charge in [-0.1, -0.05) is 35.0 Å². The van der Waals surface area contributed by atoms with Gasteiger partial charge in [0.15, 0.2) is 5.69 Å². The van der Waals surface area contributed by atoms with Crippen molar-refractivity contribution in [1.82, 2.24) is 24.9 Å². The van der Waals surface area contributed by atoms with Gasteiger partial charge < -0.3 is 9.64 Å². The first-order valence-corrected chi connectivity index (χ1v) is 9.99. The summed E-state index contributed by atoms with van der Waals surface area (Å²) >= 11 is 5.91. The van der Waals surface area contributed by atoms with Crippen molar-refractivity contribution in [1.29, 1.82) is 0 Å². The van der Waals surface area contributed by atoms with Crippen LogP contribution < -0.4 is 0 Å². The second-order valence-electron chi connectivity index (χ2n) is 7.09. The molecule has 0 spiro atoms. The minimum absolute atomic E-state index is 0.0851. The summed E-state index contributed by atoms with van der Waals surface area (Å²) in [5.74, 6) is -0.0851. The molecule has 1 aliphatic heterocycles. The highest BCUT2D eigenvalue weighted by Crippen LogP contribution is 2.17. The van der Waals surface area contributed by atoms with E-state index >= 15 is 0 Å². The van der Waals surface area contributed by atoms with E-state index in [9.17, 15) is 4.79 Å². The van der Waals surface area contributed by atoms with E-state index in [4.69, 9.17) is 16.3 Å². The lowest BCUT2D eigenvalue weighted by atomic mass is 10.1. The number of ether oxygens (including phenoxy) is 1. The van der Waals surface area contributed by atoms with Crippen LogP contribution in [0.3, 0.4) is 0 Å². The zero-order chi connectivity index (χ0) is 20.1. The summed E-state index contributed by atoms with van der Waals surface area (Å²) in [7, 11) is 0. The molecular formula is C21H22ClN5O2. The minimum Gasteiger partial charge on any atom is -0.373 e. The van der Waals surface area contributed by atoms with Gasteiger partial charge in [-0.05, 0) is 42.2 Å². The molecule has 2 aromatic heterocycles. The number of piperidine rings is 1. The molecule has 0 radical (unpaired) electrons. The van der Waals surface area contributed by atoms with Gasteiger partial charge in [-0.2, -0.15) is 0 Å². The van der Waals surface area contributed by atoms with Crippen molar-refractivity contribution in [3.05, 3.63) is 76.8 Å². The van der Waals surface area contributed by atoms with Crippen molar-refractivity contribution in [2.45, 2.75) is 32.1 Å². The fourth-order valence-electron chi connectivity index (χ4n) is 3.34. The topological polar surface area (TPSA) is 73.1 Å². The zero-order valence-electron chi connectivity index (χ0n) is 15.9. The van der Waals surface area contributed by atoms with Crippen molar-refractivity contribution in [3.63, 3.8) is 0 Å². The second-order valence-corrected chi connectivity index (χ2v) is 7.53. The molecule has 1 fully saturated rings. The van der Waals surface area contributed by atoms with Gasteiger partial charge in [-0.15, -0.1) is 5.10 Å². The summed E-state index contributed by atoms with van der Waals surface area (Å²) in [6, 6.07) is 11.4. The predicted octanol–water partition coefficient (Wildman–Crippen LogP) is 3.20. The van der Waals surface area contributed by atoms with Crippen molar-refractivity contribution < 1.29 is 9.53 Å². The van der Waals surface area contributed by atoms with E-state index in [1.807, 2.05) is 47.5 Å². The molecule has 29 heavy (non-hydrogen) atoms. The van der Waals surface area contributed by atoms with Gasteiger partial charge in [-0.25, -0.2) is 4.68 Å². The van der Waals surface area contributed by atoms with E-state index in [-0.39, 0.29) is 12.0 Å². The molecule has 8 heteroatoms. The van der Waals surface area contributed by atoms with E-state index in [2.05, 4.69) is 15.3 Å². The van der Waals surface area contributed by atoms with Crippen LogP contribution in [0.4, 0.5) is 0 Å². The average molecular weight is 412 g/mol. The van der Waals surface area contributed by atoms with E-state index in [0.29, 0.717) is 37.0 Å². The molecule has 0 atom stereocenters. The second kappa shape index (κ2) is 9.15. The summed E-state index contributed by atoms with van der Waals surface area (Å²) in [6.07, 6.45) is 7.03. The minimum atomic E-state index is -0.0851. The summed E-state index contributed by atoms with van der Waals surface area (Å²) in [6.45, 7) is 2.40. The Balaban J connectivity index is 1.27. The number of benzene rings is 1. The maximum atomic E-state index is 12.7. The zero-order valence-corrected chi connectivity index (χ0v) is 16.7. The van der Waals surface area contributed by atoms with Crippen LogP contribution in [0.15, 0.2) is 55.0 Å². The lowest BCUT2D eigenvalue weighted by molar-refractivity contribution is -0.000600. The number of halogens is 1. The molecular weight excluding hydrogens is 390 g/mol. The Bertz CT molecular complexity index is 937. The van der Waals surface area contributed by atoms with Crippen LogP contribution >= 0.6 is 11.6 Å². The van der Waals surface area contributed by atoms with Crippen molar-refractivity contribution in [2.24, 2.45) is 0 Å². The third-order valence-corrected chi connectivity index (χ3v) is 5.21. The summed E-state index contributed by atoms with van der Waals surface area (Å²) in [5.41, 5.74) is 2.47. The molecule has 1 aliphatic rings. The SMILES string of the molecule is O=C(c1cn(Cc2ccc(Cl)cc2)nn1)N1CCC(OCc2cccnc2)CC1. The first kappa shape index (κ1) is 19.5. The fourth-order valence-corrected chi connectivity index (χ4v) is 3.46. The molecule has 1 aromatic carbocycles. The lowest BCUT2D eigenvalue weighted by Gasteiger charge is -2.31. The quantitative estimate of drug-likeness (QED) is 0.622. The molecule has 0 aliphatic carbocycles. The largest absolute Gasteiger partial charge is 0.373 e. The number of carbonyl (C=O) groups is 1. The number of hydrogen-bond acceptors (Lipinski definition) is 5. The van der Waals surface area contributed by atoms with Crippen LogP contribution in [0, 0.1) is 0 Å². The molecule has 0 bridgehead atoms. The number of amides is 1. The fraction of sp³-hybridized carbons (Fsp3) is 0.333. The molecule has 150 valence electrons. The molecule has 3 heterocycles. The summed E-state index contributed by atoms with van der Waals surface area (Å²) in [4.78, 5) is 18.7. The molecule has 1 amide bonds. The van der Waals surface area contributed by atoms with Gasteiger partial charge in [0, 0.05) is 30.5 Å². The van der Waals surface area contributed by atoms with E-state index in [1.54, 1.807) is 17.1 Å². The van der Waals surface area contributed by atoms with Crippen LogP contribution in [0.2, 0.25) is 5.02 Å². The van der Waals surface area contributed by atoms with Crippen LogP contribution in [0.25, 0.3) is 0 Å². The number of nitrogens with zero attached hydrogens (tertiary/aromatic N) is 5. The Morgan fingerprint density at radius 3 is 2.66 bits per heavy atom. The molecule has 1 saturated heterocycles. The van der Waals surface area contributed by atoms with Gasteiger partial charge in [0.1, 0.15) is 0 Å². The Hall–Kier alpha value is -2.77. The summed E-state index contributed by atoms with van der Waals surface area (Å²) in [5, 5.41) is 8.83. The Kier molecular flexibility index (Phi) is 6.17. The third-order valence-electron chi connectivity index (χ3n) is 4.95. The van der Waals surface area contributed by atoms with Crippen molar-refractivity contribution in [2.75, 3.05) is 13.1 Å². The van der Waals surface area contributed by atoms with Crippen molar-refractivity contribution in [3.8, 4) is 0 Å². The van der Waals surface area contributed by atoms with Gasteiger partial charge in [0.25, 0.3) is 5.91 Å². The number of likely N-dealkylation sites (tertiary alicyclic amines) is 1. The first-order chi connectivity index (χ1) is 14.2. The summed E-state index contributed by atoms with van der Waals surface area (Å²) < 4.78 is 7.63. The highest BCUT2D eigenvalue weighted by Gasteiger charge is 2.25. The monoisotopic (exact) mass is 411 g/mol. The molecule has 0 N–H and O–H groups in total. The molecule has 3 aromatic rings. The Morgan fingerprint density at radius 1 is 1.14 bits per heavy atom. The number of carbonyl (C=O) groups excluding carboxylic acids is 1. The molecule has 7 nitrogen and oxygen atoms in total. The maximum Gasteiger partial charge on any atom is 0.276 e. The van der Waals surface area contributed by atoms with E-state index in [1.165, 1.54) is 0 Å². The maximum absolute atomic E-state index is 12.7. The Morgan fingerprint density at radius 2 is 1.93 bits per heavy atom. The lowest BCUT2D eigenvalue weighted by Crippen LogP contribution is -2.41. The van der Waals surface area contributed by atoms with Crippen molar-refractivity contribution >= 4 is 17.5 Å². The number of pyridine rings is 1. The number of rotatable bonds is 6. The molecule has 0 saturated carbocycles. The standard InChI is InChI=1S/C21H22ClN5O2/c22-18-5-3-16(4-6-18)13-27-14-20(24-25-27)21(28)26-10-7-19(8-11-26)29-15-17-2-1-9-23-12-17/h1-6,9,12,14,19H,7-8,10-11,13,15H2. The molecule has 4 rings (SSSR count). The third kappa shape index (κ3) is 5.19. The van der Waals surface area contributed by atoms with Gasteiger partial charge in [0.2, 0.25) is 0 Å². The normalized spacial score (nSPS) is 14.9. The first-order valence-electron chi connectivity index (χ1n) is 9.62. The average Bonchev–Trinajstić information content (AvgIpc) is 3.23.